The Morgan fingerprint density at radius 3 is 2.93 bits per heavy atom. The molecule has 0 aliphatic carbocycles. The third-order valence-corrected chi connectivity index (χ3v) is 2.85. The molecule has 0 aromatic carbocycles. The zero-order chi connectivity index (χ0) is 10.6. The number of ether oxygens (including phenoxy) is 1. The van der Waals surface area contributed by atoms with Gasteiger partial charge in [0.1, 0.15) is 5.69 Å². The molecule has 1 heterocycles. The average molecular weight is 213 g/mol. The van der Waals surface area contributed by atoms with Gasteiger partial charge >= 0.3 is 0 Å². The lowest BCUT2D eigenvalue weighted by atomic mass is 10.0. The summed E-state index contributed by atoms with van der Waals surface area (Å²) in [7, 11) is 1.64. The number of rotatable bonds is 5. The van der Waals surface area contributed by atoms with Crippen LogP contribution in [-0.2, 0) is 4.74 Å². The van der Waals surface area contributed by atoms with E-state index >= 15 is 0 Å². The number of methoxy groups -OCH3 is 1. The van der Waals surface area contributed by atoms with Crippen LogP contribution in [0.3, 0.4) is 0 Å². The molecule has 78 valence electrons. The number of thiazole rings is 1. The Hall–Kier alpha value is -0.740. The number of carbonyl (C=O) groups excluding carboxylic acids is 1. The second-order valence-corrected chi connectivity index (χ2v) is 4.36. The second kappa shape index (κ2) is 5.22. The van der Waals surface area contributed by atoms with E-state index in [0.29, 0.717) is 12.3 Å². The molecule has 1 aromatic heterocycles. The highest BCUT2D eigenvalue weighted by atomic mass is 32.1. The van der Waals surface area contributed by atoms with Crippen molar-refractivity contribution in [3.63, 3.8) is 0 Å². The molecule has 3 nitrogen and oxygen atoms in total. The van der Waals surface area contributed by atoms with E-state index < -0.39 is 0 Å². The fraction of sp³-hybridized carbons (Fsp3) is 0.600. The Morgan fingerprint density at radius 2 is 2.43 bits per heavy atom. The summed E-state index contributed by atoms with van der Waals surface area (Å²) < 4.78 is 4.93. The smallest absolute Gasteiger partial charge is 0.184 e. The lowest BCUT2D eigenvalue weighted by molar-refractivity contribution is 0.0889. The third-order valence-electron chi connectivity index (χ3n) is 2.07. The molecule has 0 aliphatic rings. The first-order chi connectivity index (χ1) is 6.65. The van der Waals surface area contributed by atoms with Crippen LogP contribution >= 0.6 is 11.3 Å². The maximum atomic E-state index is 11.8. The lowest BCUT2D eigenvalue weighted by Crippen LogP contribution is -2.13. The van der Waals surface area contributed by atoms with Gasteiger partial charge in [-0.3, -0.25) is 4.79 Å². The van der Waals surface area contributed by atoms with E-state index in [2.05, 4.69) is 4.98 Å². The van der Waals surface area contributed by atoms with Crippen LogP contribution in [0, 0.1) is 12.8 Å². The first kappa shape index (κ1) is 11.3. The first-order valence-corrected chi connectivity index (χ1v) is 5.48. The predicted octanol–water partition coefficient (Wildman–Crippen LogP) is 2.31. The molecule has 0 bridgehead atoms. The summed E-state index contributed by atoms with van der Waals surface area (Å²) in [4.78, 5) is 15.9. The van der Waals surface area contributed by atoms with Gasteiger partial charge in [0.15, 0.2) is 5.78 Å². The molecule has 1 rings (SSSR count). The summed E-state index contributed by atoms with van der Waals surface area (Å²) >= 11 is 1.51. The molecule has 1 aromatic rings. The molecular formula is C10H15NO2S. The van der Waals surface area contributed by atoms with Crippen molar-refractivity contribution in [1.82, 2.24) is 4.98 Å². The molecular weight excluding hydrogens is 198 g/mol. The minimum atomic E-state index is -0.00329. The predicted molar refractivity (Wildman–Crippen MR) is 56.8 cm³/mol. The summed E-state index contributed by atoms with van der Waals surface area (Å²) in [5.41, 5.74) is 0.594. The van der Waals surface area contributed by atoms with Crippen LogP contribution in [0.4, 0.5) is 0 Å². The molecule has 0 saturated carbocycles. The fourth-order valence-electron chi connectivity index (χ4n) is 1.15. The molecule has 14 heavy (non-hydrogen) atoms. The maximum Gasteiger partial charge on any atom is 0.184 e. The van der Waals surface area contributed by atoms with Crippen molar-refractivity contribution < 1.29 is 9.53 Å². The van der Waals surface area contributed by atoms with Gasteiger partial charge in [-0.05, 0) is 13.3 Å². The number of hydrogen-bond donors (Lipinski definition) is 0. The maximum absolute atomic E-state index is 11.8. The molecule has 0 amide bonds. The highest BCUT2D eigenvalue weighted by molar-refractivity contribution is 7.09. The van der Waals surface area contributed by atoms with Gasteiger partial charge in [0.25, 0.3) is 0 Å². The minimum Gasteiger partial charge on any atom is -0.385 e. The number of ketones is 1. The standard InChI is InChI=1S/C10H15NO2S/c1-7(4-5-13-3)10(12)9-6-14-8(2)11-9/h6-7H,4-5H2,1-3H3. The van der Waals surface area contributed by atoms with Crippen molar-refractivity contribution in [1.29, 1.82) is 0 Å². The topological polar surface area (TPSA) is 39.2 Å². The van der Waals surface area contributed by atoms with E-state index in [1.807, 2.05) is 19.2 Å². The van der Waals surface area contributed by atoms with Gasteiger partial charge in [-0.15, -0.1) is 11.3 Å². The zero-order valence-electron chi connectivity index (χ0n) is 8.74. The van der Waals surface area contributed by atoms with Crippen molar-refractivity contribution in [3.05, 3.63) is 16.1 Å². The molecule has 0 saturated heterocycles. The second-order valence-electron chi connectivity index (χ2n) is 3.30. The van der Waals surface area contributed by atoms with Crippen molar-refractivity contribution in [3.8, 4) is 0 Å². The van der Waals surface area contributed by atoms with Gasteiger partial charge in [-0.1, -0.05) is 6.92 Å². The van der Waals surface area contributed by atoms with Crippen LogP contribution < -0.4 is 0 Å². The van der Waals surface area contributed by atoms with Crippen LogP contribution in [0.2, 0.25) is 0 Å². The monoisotopic (exact) mass is 213 g/mol. The molecule has 0 spiro atoms. The van der Waals surface area contributed by atoms with Gasteiger partial charge in [0.05, 0.1) is 5.01 Å². The largest absolute Gasteiger partial charge is 0.385 e. The van der Waals surface area contributed by atoms with Crippen molar-refractivity contribution in [2.75, 3.05) is 13.7 Å². The number of hydrogen-bond acceptors (Lipinski definition) is 4. The number of aryl methyl sites for hydroxylation is 1. The van der Waals surface area contributed by atoms with Crippen LogP contribution in [0.1, 0.15) is 28.8 Å². The van der Waals surface area contributed by atoms with E-state index in [1.54, 1.807) is 7.11 Å². The summed E-state index contributed by atoms with van der Waals surface area (Å²) in [5, 5.41) is 2.76. The van der Waals surface area contributed by atoms with E-state index in [1.165, 1.54) is 11.3 Å². The molecule has 0 N–H and O–H groups in total. The normalized spacial score (nSPS) is 12.8. The molecule has 1 atom stereocenters. The lowest BCUT2D eigenvalue weighted by Gasteiger charge is -2.06. The molecule has 4 heteroatoms. The van der Waals surface area contributed by atoms with E-state index in [0.717, 1.165) is 11.4 Å². The summed E-state index contributed by atoms with van der Waals surface area (Å²) in [6, 6.07) is 0. The van der Waals surface area contributed by atoms with Gasteiger partial charge < -0.3 is 4.74 Å². The number of aromatic nitrogens is 1. The number of Topliss-reactive ketones (excluding diaryl/α,β-unsaturated/α-hetero) is 1. The molecule has 0 fully saturated rings. The average Bonchev–Trinajstić information content (AvgIpc) is 2.60. The molecule has 0 aliphatic heterocycles. The van der Waals surface area contributed by atoms with Crippen LogP contribution in [0.15, 0.2) is 5.38 Å². The third kappa shape index (κ3) is 2.89. The Morgan fingerprint density at radius 1 is 1.71 bits per heavy atom. The van der Waals surface area contributed by atoms with Crippen LogP contribution in [0.25, 0.3) is 0 Å². The first-order valence-electron chi connectivity index (χ1n) is 4.60. The fourth-order valence-corrected chi connectivity index (χ4v) is 1.76. The van der Waals surface area contributed by atoms with Crippen molar-refractivity contribution in [2.45, 2.75) is 20.3 Å². The quantitative estimate of drug-likeness (QED) is 0.704. The van der Waals surface area contributed by atoms with E-state index in [4.69, 9.17) is 4.74 Å². The van der Waals surface area contributed by atoms with E-state index in [9.17, 15) is 4.79 Å². The summed E-state index contributed by atoms with van der Waals surface area (Å²) in [6.07, 6.45) is 0.756. The highest BCUT2D eigenvalue weighted by Gasteiger charge is 2.16. The number of nitrogens with zero attached hydrogens (tertiary/aromatic N) is 1. The molecule has 0 radical (unpaired) electrons. The summed E-state index contributed by atoms with van der Waals surface area (Å²) in [6.45, 7) is 4.44. The number of carbonyl (C=O) groups is 1. The van der Waals surface area contributed by atoms with Crippen LogP contribution in [0.5, 0.6) is 0 Å². The Kier molecular flexibility index (Phi) is 4.22. The van der Waals surface area contributed by atoms with Gasteiger partial charge in [0, 0.05) is 25.0 Å². The zero-order valence-corrected chi connectivity index (χ0v) is 9.56. The molecule has 1 unspecified atom stereocenters. The minimum absolute atomic E-state index is 0.00329. The summed E-state index contributed by atoms with van der Waals surface area (Å²) in [5.74, 6) is 0.114. The Labute approximate surface area is 88.1 Å². The SMILES string of the molecule is COCCC(C)C(=O)c1csc(C)n1. The van der Waals surface area contributed by atoms with Crippen molar-refractivity contribution in [2.24, 2.45) is 5.92 Å². The van der Waals surface area contributed by atoms with Gasteiger partial charge in [-0.2, -0.15) is 0 Å². The Bertz CT molecular complexity index is 309. The highest BCUT2D eigenvalue weighted by Crippen LogP contribution is 2.14. The van der Waals surface area contributed by atoms with Gasteiger partial charge in [-0.25, -0.2) is 4.98 Å². The Balaban J connectivity index is 2.56. The van der Waals surface area contributed by atoms with E-state index in [-0.39, 0.29) is 11.7 Å². The van der Waals surface area contributed by atoms with Crippen molar-refractivity contribution >= 4 is 17.1 Å². The van der Waals surface area contributed by atoms with Gasteiger partial charge in [0.2, 0.25) is 0 Å². The van der Waals surface area contributed by atoms with Crippen LogP contribution in [-0.4, -0.2) is 24.5 Å².